The molecule has 0 aliphatic carbocycles. The van der Waals surface area contributed by atoms with Gasteiger partial charge in [0.2, 0.25) is 11.7 Å². The molecule has 0 unspecified atom stereocenters. The van der Waals surface area contributed by atoms with Crippen LogP contribution in [-0.2, 0) is 6.54 Å². The lowest BCUT2D eigenvalue weighted by atomic mass is 10.2. The quantitative estimate of drug-likeness (QED) is 0.696. The Morgan fingerprint density at radius 2 is 1.84 bits per heavy atom. The zero-order chi connectivity index (χ0) is 17.8. The molecule has 0 spiro atoms. The summed E-state index contributed by atoms with van der Waals surface area (Å²) < 4.78 is 10.4. The third kappa shape index (κ3) is 3.97. The summed E-state index contributed by atoms with van der Waals surface area (Å²) in [5.74, 6) is 1.42. The summed E-state index contributed by atoms with van der Waals surface area (Å²) in [7, 11) is 3.28. The molecular weight excluding hydrogens is 342 g/mol. The van der Waals surface area contributed by atoms with Gasteiger partial charge in [-0.2, -0.15) is 4.98 Å². The highest BCUT2D eigenvalue weighted by Crippen LogP contribution is 2.20. The molecule has 0 aliphatic rings. The van der Waals surface area contributed by atoms with E-state index in [1.807, 2.05) is 24.3 Å². The van der Waals surface area contributed by atoms with Crippen molar-refractivity contribution in [2.24, 2.45) is 0 Å². The Morgan fingerprint density at radius 1 is 1.16 bits per heavy atom. The maximum absolute atomic E-state index is 12.4. The highest BCUT2D eigenvalue weighted by Gasteiger charge is 2.16. The van der Waals surface area contributed by atoms with Crippen LogP contribution in [-0.4, -0.2) is 35.1 Å². The Kier molecular flexibility index (Phi) is 5.00. The Labute approximate surface area is 150 Å². The van der Waals surface area contributed by atoms with Gasteiger partial charge in [-0.15, -0.1) is 0 Å². The van der Waals surface area contributed by atoms with Crippen LogP contribution in [0, 0.1) is 0 Å². The molecule has 25 heavy (non-hydrogen) atoms. The lowest BCUT2D eigenvalue weighted by Gasteiger charge is -2.14. The van der Waals surface area contributed by atoms with Crippen LogP contribution in [0.5, 0.6) is 5.75 Å². The molecule has 6 nitrogen and oxygen atoms in total. The van der Waals surface area contributed by atoms with Crippen molar-refractivity contribution in [2.45, 2.75) is 6.54 Å². The van der Waals surface area contributed by atoms with Crippen molar-refractivity contribution in [1.82, 2.24) is 15.0 Å². The van der Waals surface area contributed by atoms with Crippen LogP contribution in [0.4, 0.5) is 0 Å². The zero-order valence-corrected chi connectivity index (χ0v) is 14.5. The van der Waals surface area contributed by atoms with Gasteiger partial charge in [0.05, 0.1) is 13.7 Å². The first-order valence-electron chi connectivity index (χ1n) is 7.55. The van der Waals surface area contributed by atoms with E-state index in [9.17, 15) is 4.79 Å². The molecule has 1 amide bonds. The van der Waals surface area contributed by atoms with E-state index in [1.54, 1.807) is 38.4 Å². The molecule has 0 fully saturated rings. The van der Waals surface area contributed by atoms with E-state index in [0.717, 1.165) is 11.3 Å². The number of hydrogen-bond donors (Lipinski definition) is 0. The van der Waals surface area contributed by atoms with Crippen molar-refractivity contribution >= 4 is 17.5 Å². The molecule has 1 aromatic heterocycles. The van der Waals surface area contributed by atoms with E-state index in [0.29, 0.717) is 22.3 Å². The first-order chi connectivity index (χ1) is 12.1. The normalized spacial score (nSPS) is 10.5. The van der Waals surface area contributed by atoms with E-state index in [-0.39, 0.29) is 12.5 Å². The standard InChI is InChI=1S/C18H16ClN3O3/c1-22(18(23)13-3-7-14(19)8-4-13)11-16-20-17(21-25-16)12-5-9-15(24-2)10-6-12/h3-10H,11H2,1-2H3. The largest absolute Gasteiger partial charge is 0.497 e. The lowest BCUT2D eigenvalue weighted by Crippen LogP contribution is -2.26. The van der Waals surface area contributed by atoms with Crippen LogP contribution in [0.2, 0.25) is 5.02 Å². The summed E-state index contributed by atoms with van der Waals surface area (Å²) in [6, 6.07) is 14.0. The molecule has 2 aromatic carbocycles. The summed E-state index contributed by atoms with van der Waals surface area (Å²) in [5, 5.41) is 4.54. The zero-order valence-electron chi connectivity index (χ0n) is 13.8. The van der Waals surface area contributed by atoms with Gasteiger partial charge in [-0.1, -0.05) is 16.8 Å². The van der Waals surface area contributed by atoms with E-state index in [1.165, 1.54) is 4.90 Å². The van der Waals surface area contributed by atoms with E-state index in [2.05, 4.69) is 10.1 Å². The second kappa shape index (κ2) is 7.36. The summed E-state index contributed by atoms with van der Waals surface area (Å²) in [5.41, 5.74) is 1.35. The SMILES string of the molecule is COc1ccc(-c2noc(CN(C)C(=O)c3ccc(Cl)cc3)n2)cc1. The number of amides is 1. The van der Waals surface area contributed by atoms with Gasteiger partial charge in [0.25, 0.3) is 5.91 Å². The van der Waals surface area contributed by atoms with Gasteiger partial charge in [0.15, 0.2) is 0 Å². The first-order valence-corrected chi connectivity index (χ1v) is 7.92. The molecule has 3 aromatic rings. The van der Waals surface area contributed by atoms with Crippen LogP contribution in [0.1, 0.15) is 16.2 Å². The molecule has 0 aliphatic heterocycles. The van der Waals surface area contributed by atoms with Crippen LogP contribution in [0.25, 0.3) is 11.4 Å². The molecule has 0 saturated carbocycles. The number of hydrogen-bond acceptors (Lipinski definition) is 5. The minimum absolute atomic E-state index is 0.152. The minimum Gasteiger partial charge on any atom is -0.497 e. The summed E-state index contributed by atoms with van der Waals surface area (Å²) in [4.78, 5) is 18.2. The highest BCUT2D eigenvalue weighted by molar-refractivity contribution is 6.30. The van der Waals surface area contributed by atoms with Gasteiger partial charge in [-0.3, -0.25) is 4.79 Å². The van der Waals surface area contributed by atoms with Crippen LogP contribution in [0.15, 0.2) is 53.1 Å². The van der Waals surface area contributed by atoms with Gasteiger partial charge < -0.3 is 14.2 Å². The van der Waals surface area contributed by atoms with E-state index < -0.39 is 0 Å². The van der Waals surface area contributed by atoms with Crippen LogP contribution < -0.4 is 4.74 Å². The van der Waals surface area contributed by atoms with Gasteiger partial charge in [0, 0.05) is 23.2 Å². The second-order valence-corrected chi connectivity index (χ2v) is 5.84. The van der Waals surface area contributed by atoms with Gasteiger partial charge in [-0.05, 0) is 48.5 Å². The fourth-order valence-electron chi connectivity index (χ4n) is 2.26. The van der Waals surface area contributed by atoms with Gasteiger partial charge >= 0.3 is 0 Å². The smallest absolute Gasteiger partial charge is 0.254 e. The summed E-state index contributed by atoms with van der Waals surface area (Å²) in [6.07, 6.45) is 0. The maximum atomic E-state index is 12.4. The number of aromatic nitrogens is 2. The fourth-order valence-corrected chi connectivity index (χ4v) is 2.39. The van der Waals surface area contributed by atoms with Crippen molar-refractivity contribution in [1.29, 1.82) is 0 Å². The average molecular weight is 358 g/mol. The number of rotatable bonds is 5. The number of halogens is 1. The number of carbonyl (C=O) groups is 1. The third-order valence-electron chi connectivity index (χ3n) is 3.63. The maximum Gasteiger partial charge on any atom is 0.254 e. The Hall–Kier alpha value is -2.86. The Balaban J connectivity index is 1.69. The summed E-state index contributed by atoms with van der Waals surface area (Å²) in [6.45, 7) is 0.213. The molecule has 0 bridgehead atoms. The molecule has 0 saturated heterocycles. The predicted octanol–water partition coefficient (Wildman–Crippen LogP) is 3.67. The third-order valence-corrected chi connectivity index (χ3v) is 3.88. The number of methoxy groups -OCH3 is 1. The molecule has 1 heterocycles. The molecule has 0 radical (unpaired) electrons. The number of ether oxygens (including phenoxy) is 1. The Morgan fingerprint density at radius 3 is 2.48 bits per heavy atom. The van der Waals surface area contributed by atoms with Crippen molar-refractivity contribution < 1.29 is 14.1 Å². The average Bonchev–Trinajstić information content (AvgIpc) is 3.10. The number of carbonyl (C=O) groups excluding carboxylic acids is 1. The summed E-state index contributed by atoms with van der Waals surface area (Å²) >= 11 is 5.84. The molecule has 7 heteroatoms. The molecular formula is C18H16ClN3O3. The topological polar surface area (TPSA) is 68.5 Å². The van der Waals surface area contributed by atoms with Crippen LogP contribution in [0.3, 0.4) is 0 Å². The van der Waals surface area contributed by atoms with Crippen LogP contribution >= 0.6 is 11.6 Å². The van der Waals surface area contributed by atoms with E-state index >= 15 is 0 Å². The second-order valence-electron chi connectivity index (χ2n) is 5.41. The highest BCUT2D eigenvalue weighted by atomic mass is 35.5. The van der Waals surface area contributed by atoms with Crippen molar-refractivity contribution in [2.75, 3.05) is 14.2 Å². The fraction of sp³-hybridized carbons (Fsp3) is 0.167. The molecule has 128 valence electrons. The molecule has 0 N–H and O–H groups in total. The van der Waals surface area contributed by atoms with Crippen molar-refractivity contribution in [3.8, 4) is 17.1 Å². The molecule has 3 rings (SSSR count). The first kappa shape index (κ1) is 17.0. The van der Waals surface area contributed by atoms with Crippen molar-refractivity contribution in [3.63, 3.8) is 0 Å². The predicted molar refractivity (Wildman–Crippen MR) is 93.5 cm³/mol. The monoisotopic (exact) mass is 357 g/mol. The van der Waals surface area contributed by atoms with Crippen molar-refractivity contribution in [3.05, 3.63) is 65.0 Å². The minimum atomic E-state index is -0.152. The van der Waals surface area contributed by atoms with E-state index in [4.69, 9.17) is 20.9 Å². The number of nitrogens with zero attached hydrogens (tertiary/aromatic N) is 3. The lowest BCUT2D eigenvalue weighted by molar-refractivity contribution is 0.0769. The Bertz CT molecular complexity index is 860. The molecule has 0 atom stereocenters. The van der Waals surface area contributed by atoms with Gasteiger partial charge in [0.1, 0.15) is 5.75 Å². The number of benzene rings is 2. The van der Waals surface area contributed by atoms with Gasteiger partial charge in [-0.25, -0.2) is 0 Å².